The second-order valence-corrected chi connectivity index (χ2v) is 8.30. The van der Waals surface area contributed by atoms with E-state index in [2.05, 4.69) is 95.7 Å². The van der Waals surface area contributed by atoms with Crippen molar-refractivity contribution in [3.8, 4) is 0 Å². The lowest BCUT2D eigenvalue weighted by Crippen LogP contribution is -2.44. The minimum Gasteiger partial charge on any atom is -0.347 e. The van der Waals surface area contributed by atoms with Crippen LogP contribution in [0.4, 0.5) is 11.5 Å². The van der Waals surface area contributed by atoms with E-state index in [0.717, 1.165) is 44.0 Å². The Hall–Kier alpha value is -2.85. The minimum atomic E-state index is 0.515. The number of hydrogen-bond donors (Lipinski definition) is 0. The summed E-state index contributed by atoms with van der Waals surface area (Å²) in [6, 6.07) is 20.3. The van der Waals surface area contributed by atoms with Gasteiger partial charge < -0.3 is 9.80 Å². The van der Waals surface area contributed by atoms with Gasteiger partial charge in [0.2, 0.25) is 0 Å². The molecule has 0 atom stereocenters. The average molecular weight is 385 g/mol. The maximum Gasteiger partial charge on any atom is 0.157 e. The molecule has 148 valence electrons. The third-order valence-electron chi connectivity index (χ3n) is 6.24. The number of fused-ring (bicyclic) bond motifs is 2. The lowest BCUT2D eigenvalue weighted by atomic mass is 10.0. The van der Waals surface area contributed by atoms with Crippen LogP contribution in [0, 0.1) is 6.92 Å². The summed E-state index contributed by atoms with van der Waals surface area (Å²) in [5.74, 6) is 1.10. The van der Waals surface area contributed by atoms with Gasteiger partial charge in [0.15, 0.2) is 5.82 Å². The van der Waals surface area contributed by atoms with Gasteiger partial charge in [0.1, 0.15) is 0 Å². The molecule has 1 fully saturated rings. The molecule has 5 rings (SSSR count). The highest BCUT2D eigenvalue weighted by Gasteiger charge is 2.28. The Morgan fingerprint density at radius 2 is 1.72 bits per heavy atom. The topological polar surface area (TPSA) is 22.6 Å². The Morgan fingerprint density at radius 1 is 0.931 bits per heavy atom. The van der Waals surface area contributed by atoms with E-state index in [1.807, 2.05) is 0 Å². The molecule has 0 saturated carbocycles. The normalized spacial score (nSPS) is 17.7. The highest BCUT2D eigenvalue weighted by atomic mass is 15.3. The molecule has 0 unspecified atom stereocenters. The molecule has 0 amide bonds. The van der Waals surface area contributed by atoms with E-state index in [1.54, 1.807) is 0 Å². The largest absolute Gasteiger partial charge is 0.347 e. The number of nitrogens with zero attached hydrogens (tertiary/aromatic N) is 4. The molecule has 0 radical (unpaired) electrons. The van der Waals surface area contributed by atoms with Gasteiger partial charge in [0.05, 0.1) is 5.69 Å². The van der Waals surface area contributed by atoms with Gasteiger partial charge >= 0.3 is 0 Å². The number of benzene rings is 2. The molecule has 3 aromatic rings. The maximum absolute atomic E-state index is 4.86. The smallest absolute Gasteiger partial charge is 0.157 e. The van der Waals surface area contributed by atoms with Gasteiger partial charge in [0, 0.05) is 50.8 Å². The van der Waals surface area contributed by atoms with Gasteiger partial charge in [-0.3, -0.25) is 4.90 Å². The van der Waals surface area contributed by atoms with Crippen LogP contribution in [0.3, 0.4) is 0 Å². The van der Waals surface area contributed by atoms with E-state index < -0.39 is 0 Å². The molecular formula is C25H28N4. The minimum absolute atomic E-state index is 0.515. The predicted molar refractivity (Wildman–Crippen MR) is 121 cm³/mol. The van der Waals surface area contributed by atoms with Crippen molar-refractivity contribution in [3.05, 3.63) is 78.3 Å². The lowest BCUT2D eigenvalue weighted by molar-refractivity contribution is 0.204. The first-order valence-corrected chi connectivity index (χ1v) is 10.5. The number of likely N-dealkylation sites (tertiary alicyclic amines) is 1. The average Bonchev–Trinajstić information content (AvgIpc) is 2.75. The SMILES string of the molecule is Cc1ccc2c(n1)N(C1CCN(Cc3ccc4ccccc4c3)CC1)C=CN2C. The summed E-state index contributed by atoms with van der Waals surface area (Å²) in [6.07, 6.45) is 6.69. The number of aryl methyl sites for hydroxylation is 1. The summed E-state index contributed by atoms with van der Waals surface area (Å²) in [7, 11) is 2.09. The summed E-state index contributed by atoms with van der Waals surface area (Å²) in [6.45, 7) is 5.35. The molecule has 0 bridgehead atoms. The molecule has 4 heteroatoms. The van der Waals surface area contributed by atoms with Crippen molar-refractivity contribution in [1.82, 2.24) is 9.88 Å². The Morgan fingerprint density at radius 3 is 2.55 bits per heavy atom. The van der Waals surface area contributed by atoms with Gasteiger partial charge in [-0.15, -0.1) is 0 Å². The summed E-state index contributed by atoms with van der Waals surface area (Å²) in [5, 5.41) is 2.65. The highest BCUT2D eigenvalue weighted by molar-refractivity contribution is 5.83. The zero-order chi connectivity index (χ0) is 19.8. The second-order valence-electron chi connectivity index (χ2n) is 8.30. The third-order valence-corrected chi connectivity index (χ3v) is 6.24. The number of pyridine rings is 1. The van der Waals surface area contributed by atoms with Gasteiger partial charge in [-0.25, -0.2) is 4.98 Å². The molecule has 2 aliphatic rings. The molecule has 2 aliphatic heterocycles. The van der Waals surface area contributed by atoms with Gasteiger partial charge in [-0.05, 0) is 54.3 Å². The number of piperidine rings is 1. The Bertz CT molecular complexity index is 1050. The fraction of sp³-hybridized carbons (Fsp3) is 0.320. The first kappa shape index (κ1) is 18.2. The van der Waals surface area contributed by atoms with Crippen LogP contribution >= 0.6 is 0 Å². The van der Waals surface area contributed by atoms with Crippen LogP contribution in [0.1, 0.15) is 24.1 Å². The fourth-order valence-corrected chi connectivity index (χ4v) is 4.57. The summed E-state index contributed by atoms with van der Waals surface area (Å²) >= 11 is 0. The maximum atomic E-state index is 4.86. The quantitative estimate of drug-likeness (QED) is 0.638. The number of aromatic nitrogens is 1. The molecule has 1 saturated heterocycles. The standard InChI is InChI=1S/C25H28N4/c1-19-7-10-24-25(26-19)29(16-15-27(24)2)23-11-13-28(14-12-23)18-20-8-9-21-5-3-4-6-22(21)17-20/h3-10,15-17,23H,11-14,18H2,1-2H3. The van der Waals surface area contributed by atoms with E-state index in [0.29, 0.717) is 6.04 Å². The Balaban J connectivity index is 1.27. The molecule has 0 N–H and O–H groups in total. The third kappa shape index (κ3) is 3.60. The summed E-state index contributed by atoms with van der Waals surface area (Å²) < 4.78 is 0. The first-order valence-electron chi connectivity index (χ1n) is 10.5. The molecule has 29 heavy (non-hydrogen) atoms. The van der Waals surface area contributed by atoms with Crippen LogP contribution in [0.2, 0.25) is 0 Å². The molecule has 0 aliphatic carbocycles. The zero-order valence-corrected chi connectivity index (χ0v) is 17.3. The van der Waals surface area contributed by atoms with Crippen LogP contribution < -0.4 is 9.80 Å². The monoisotopic (exact) mass is 384 g/mol. The van der Waals surface area contributed by atoms with Crippen molar-refractivity contribution in [2.24, 2.45) is 0 Å². The van der Waals surface area contributed by atoms with E-state index in [4.69, 9.17) is 4.98 Å². The van der Waals surface area contributed by atoms with Crippen molar-refractivity contribution in [2.45, 2.75) is 32.4 Å². The fourth-order valence-electron chi connectivity index (χ4n) is 4.57. The number of hydrogen-bond acceptors (Lipinski definition) is 4. The lowest BCUT2D eigenvalue weighted by Gasteiger charge is -2.40. The van der Waals surface area contributed by atoms with Crippen LogP contribution in [-0.4, -0.2) is 36.1 Å². The Labute approximate surface area is 173 Å². The number of rotatable bonds is 3. The first-order chi connectivity index (χ1) is 14.2. The van der Waals surface area contributed by atoms with E-state index >= 15 is 0 Å². The van der Waals surface area contributed by atoms with Crippen molar-refractivity contribution in [1.29, 1.82) is 0 Å². The second kappa shape index (κ2) is 7.53. The molecular weight excluding hydrogens is 356 g/mol. The zero-order valence-electron chi connectivity index (χ0n) is 17.3. The molecule has 4 nitrogen and oxygen atoms in total. The van der Waals surface area contributed by atoms with Gasteiger partial charge in [-0.2, -0.15) is 0 Å². The molecule has 2 aromatic carbocycles. The Kier molecular flexibility index (Phi) is 4.72. The predicted octanol–water partition coefficient (Wildman–Crippen LogP) is 4.94. The molecule has 1 aromatic heterocycles. The van der Waals surface area contributed by atoms with Crippen LogP contribution in [-0.2, 0) is 6.54 Å². The van der Waals surface area contributed by atoms with Gasteiger partial charge in [-0.1, -0.05) is 36.4 Å². The molecule has 3 heterocycles. The van der Waals surface area contributed by atoms with E-state index in [1.165, 1.54) is 22.0 Å². The van der Waals surface area contributed by atoms with Crippen LogP contribution in [0.15, 0.2) is 67.0 Å². The van der Waals surface area contributed by atoms with Crippen LogP contribution in [0.5, 0.6) is 0 Å². The van der Waals surface area contributed by atoms with Crippen molar-refractivity contribution < 1.29 is 0 Å². The summed E-state index contributed by atoms with van der Waals surface area (Å²) in [5.41, 5.74) is 3.67. The van der Waals surface area contributed by atoms with Gasteiger partial charge in [0.25, 0.3) is 0 Å². The highest BCUT2D eigenvalue weighted by Crippen LogP contribution is 2.34. The number of anilines is 2. The summed E-state index contributed by atoms with van der Waals surface area (Å²) in [4.78, 5) is 12.0. The van der Waals surface area contributed by atoms with Crippen molar-refractivity contribution in [2.75, 3.05) is 29.9 Å². The van der Waals surface area contributed by atoms with Crippen LogP contribution in [0.25, 0.3) is 10.8 Å². The van der Waals surface area contributed by atoms with E-state index in [-0.39, 0.29) is 0 Å². The van der Waals surface area contributed by atoms with E-state index in [9.17, 15) is 0 Å². The molecule has 0 spiro atoms. The van der Waals surface area contributed by atoms with Crippen molar-refractivity contribution >= 4 is 22.3 Å². The van der Waals surface area contributed by atoms with Crippen molar-refractivity contribution in [3.63, 3.8) is 0 Å².